The quantitative estimate of drug-likeness (QED) is 0.0695. The minimum atomic E-state index is -5.23. The summed E-state index contributed by atoms with van der Waals surface area (Å²) in [7, 11) is -7.10. The van der Waals surface area contributed by atoms with Gasteiger partial charge < -0.3 is 56.4 Å². The number of amides is 4. The normalized spacial score (nSPS) is 13.2. The summed E-state index contributed by atoms with van der Waals surface area (Å²) in [6.45, 7) is 3.10. The van der Waals surface area contributed by atoms with Crippen LogP contribution in [0, 0.1) is 13.8 Å². The fourth-order valence-corrected chi connectivity index (χ4v) is 8.03. The first-order valence-corrected chi connectivity index (χ1v) is 23.9. The topological polar surface area (TPSA) is 278 Å². The molecule has 8 rings (SSSR count). The average Bonchev–Trinajstić information content (AvgIpc) is 3.79. The van der Waals surface area contributed by atoms with Crippen LogP contribution in [0.15, 0.2) is 94.0 Å². The molecule has 6 aromatic rings. The number of likely N-dealkylation sites (N-methyl/N-ethyl adjacent to an activating group) is 2. The molecule has 4 aromatic heterocycles. The number of aryl methyl sites for hydroxylation is 4. The van der Waals surface area contributed by atoms with E-state index in [1.165, 1.54) is 34.3 Å². The van der Waals surface area contributed by atoms with Gasteiger partial charge in [-0.3, -0.25) is 29.0 Å². The molecule has 4 amide bonds. The first-order valence-electron chi connectivity index (χ1n) is 21.0. The summed E-state index contributed by atoms with van der Waals surface area (Å²) in [4.78, 5) is 106. The Bertz CT molecular complexity index is 2880. The Morgan fingerprint density at radius 1 is 0.658 bits per heavy atom. The molecule has 0 radical (unpaired) electrons. The van der Waals surface area contributed by atoms with Gasteiger partial charge in [-0.2, -0.15) is 0 Å². The molecular formula is C48H52CaN6Na2O14P2. The van der Waals surface area contributed by atoms with Crippen molar-refractivity contribution in [2.45, 2.75) is 67.5 Å². The van der Waals surface area contributed by atoms with Crippen molar-refractivity contribution in [3.8, 4) is 0 Å². The smallest absolute Gasteiger partial charge is 0.790 e. The van der Waals surface area contributed by atoms with E-state index in [0.29, 0.717) is 59.7 Å². The van der Waals surface area contributed by atoms with E-state index in [4.69, 9.17) is 8.83 Å². The Morgan fingerprint density at radius 3 is 1.36 bits per heavy atom. The molecule has 0 fully saturated rings. The summed E-state index contributed by atoms with van der Waals surface area (Å²) in [6, 6.07) is 18.9. The molecule has 0 aliphatic carbocycles. The molecule has 372 valence electrons. The SMILES string of the molecule is C.C.Cc1c(CN(C)C(=O)/C=C/c2cnc3c(c2)CCC(=O)N3COP(=O)([O-])[O-])oc2ccccc12.Cc1c(CN(C)C(=O)/C=C/c2cnc3c(c2)CCC(=O)N3COP(=O)([O-])[O-])oc2ccccc12.[Ca+2].[Na+].[Na+]. The number of aromatic nitrogens is 2. The second-order valence-corrected chi connectivity index (χ2v) is 18.2. The number of carbonyl (C=O) groups excluding carboxylic acids is 4. The molecule has 25 heteroatoms. The van der Waals surface area contributed by atoms with Gasteiger partial charge in [0.05, 0.1) is 28.7 Å². The van der Waals surface area contributed by atoms with Gasteiger partial charge in [-0.15, -0.1) is 0 Å². The van der Waals surface area contributed by atoms with Gasteiger partial charge in [0.1, 0.15) is 47.8 Å². The Kier molecular flexibility index (Phi) is 25.9. The number of fused-ring (bicyclic) bond motifs is 4. The van der Waals surface area contributed by atoms with E-state index in [2.05, 4.69) is 19.0 Å². The number of carbonyl (C=O) groups is 4. The van der Waals surface area contributed by atoms with Gasteiger partial charge >= 0.3 is 96.9 Å². The second-order valence-electron chi connectivity index (χ2n) is 15.9. The number of furan rings is 2. The zero-order valence-corrected chi connectivity index (χ0v) is 47.9. The van der Waals surface area contributed by atoms with Crippen LogP contribution in [-0.4, -0.2) is 109 Å². The zero-order chi connectivity index (χ0) is 48.9. The van der Waals surface area contributed by atoms with Crippen LogP contribution in [0.2, 0.25) is 0 Å². The van der Waals surface area contributed by atoms with Gasteiger partial charge in [-0.05, 0) is 85.4 Å². The minimum absolute atomic E-state index is 0. The number of nitrogens with zero attached hydrogens (tertiary/aromatic N) is 6. The van der Waals surface area contributed by atoms with E-state index in [1.807, 2.05) is 62.4 Å². The molecule has 0 unspecified atom stereocenters. The number of phosphoric acid groups is 2. The number of para-hydroxylation sites is 2. The van der Waals surface area contributed by atoms with Crippen LogP contribution in [0.4, 0.5) is 11.6 Å². The van der Waals surface area contributed by atoms with Crippen molar-refractivity contribution in [2.75, 3.05) is 37.4 Å². The van der Waals surface area contributed by atoms with Gasteiger partial charge in [-0.25, -0.2) is 9.97 Å². The van der Waals surface area contributed by atoms with Crippen LogP contribution in [0.3, 0.4) is 0 Å². The first kappa shape index (κ1) is 65.8. The molecule has 0 atom stereocenters. The fourth-order valence-electron chi connectivity index (χ4n) is 7.52. The average molecular weight is 1080 g/mol. The van der Waals surface area contributed by atoms with E-state index in [0.717, 1.165) is 42.9 Å². The molecule has 0 saturated carbocycles. The van der Waals surface area contributed by atoms with Crippen molar-refractivity contribution in [2.24, 2.45) is 0 Å². The second kappa shape index (κ2) is 28.7. The molecule has 2 aliphatic heterocycles. The summed E-state index contributed by atoms with van der Waals surface area (Å²) >= 11 is 0. The number of hydrogen-bond acceptors (Lipinski definition) is 16. The summed E-state index contributed by atoms with van der Waals surface area (Å²) in [5, 5.41) is 2.03. The maximum Gasteiger partial charge on any atom is 2.00 e. The molecule has 0 spiro atoms. The maximum absolute atomic E-state index is 12.6. The molecule has 2 aliphatic rings. The first-order chi connectivity index (χ1) is 32.2. The minimum Gasteiger partial charge on any atom is -0.790 e. The van der Waals surface area contributed by atoms with Crippen molar-refractivity contribution in [1.29, 1.82) is 0 Å². The standard InChI is InChI=1S/2C23H24N3O7P.2CH4.Ca.2Na/c2*1-15-18-5-3-4-6-19(18)33-20(15)13-25(2)21(27)9-7-16-11-17-8-10-22(28)26(23(17)24-12-16)14-32-34(29,30)31;;;;;/h2*3-7,9,11-12H,8,10,13-14H2,1-2H3,(H2,29,30,31);2*1H4;;;/q;;;;+2;2*+1/p-4/b2*9-7+;;;;;. The van der Waals surface area contributed by atoms with Crippen molar-refractivity contribution >= 4 is 123 Å². The summed E-state index contributed by atoms with van der Waals surface area (Å²) in [6.07, 6.45) is 9.98. The van der Waals surface area contributed by atoms with Crippen LogP contribution >= 0.6 is 15.6 Å². The van der Waals surface area contributed by atoms with Crippen LogP contribution in [0.25, 0.3) is 34.1 Å². The van der Waals surface area contributed by atoms with Gasteiger partial charge in [-0.1, -0.05) is 51.3 Å². The molecule has 0 saturated heterocycles. The van der Waals surface area contributed by atoms with Gasteiger partial charge in [0.25, 0.3) is 0 Å². The van der Waals surface area contributed by atoms with E-state index in [1.54, 1.807) is 38.4 Å². The Labute approximate surface area is 497 Å². The number of phosphoric ester groups is 2. The van der Waals surface area contributed by atoms with E-state index in [-0.39, 0.29) is 148 Å². The monoisotopic (exact) mass is 1080 g/mol. The number of benzene rings is 2. The predicted molar refractivity (Wildman–Crippen MR) is 259 cm³/mol. The van der Waals surface area contributed by atoms with E-state index in [9.17, 15) is 47.9 Å². The zero-order valence-electron chi connectivity index (χ0n) is 39.9. The summed E-state index contributed by atoms with van der Waals surface area (Å²) in [5.41, 5.74) is 6.16. The molecule has 20 nitrogen and oxygen atoms in total. The molecule has 6 heterocycles. The van der Waals surface area contributed by atoms with Gasteiger partial charge in [0.15, 0.2) is 0 Å². The third-order valence-corrected chi connectivity index (χ3v) is 12.0. The van der Waals surface area contributed by atoms with Crippen molar-refractivity contribution in [3.63, 3.8) is 0 Å². The maximum atomic E-state index is 12.6. The fraction of sp³-hybridized carbons (Fsp3) is 0.292. The van der Waals surface area contributed by atoms with Crippen LogP contribution < -0.4 is 88.5 Å². The third-order valence-electron chi connectivity index (χ3n) is 11.2. The molecule has 0 N–H and O–H groups in total. The number of rotatable bonds is 14. The number of anilines is 2. The van der Waals surface area contributed by atoms with Crippen molar-refractivity contribution < 1.29 is 125 Å². The number of hydrogen-bond donors (Lipinski definition) is 0. The molecule has 73 heavy (non-hydrogen) atoms. The summed E-state index contributed by atoms with van der Waals surface area (Å²) < 4.78 is 41.8. The van der Waals surface area contributed by atoms with Gasteiger partial charge in [0, 0.05) is 73.4 Å². The van der Waals surface area contributed by atoms with Crippen LogP contribution in [0.1, 0.15) is 72.6 Å². The predicted octanol–water partition coefficient (Wildman–Crippen LogP) is -1.32. The van der Waals surface area contributed by atoms with Crippen LogP contribution in [-0.2, 0) is 63.3 Å². The summed E-state index contributed by atoms with van der Waals surface area (Å²) in [5.74, 6) is 0.635. The van der Waals surface area contributed by atoms with Crippen LogP contribution in [0.5, 0.6) is 0 Å². The van der Waals surface area contributed by atoms with Gasteiger partial charge in [0.2, 0.25) is 23.6 Å². The van der Waals surface area contributed by atoms with Crippen molar-refractivity contribution in [1.82, 2.24) is 19.8 Å². The molecule has 0 bridgehead atoms. The van der Waals surface area contributed by atoms with E-state index < -0.39 is 40.9 Å². The molecular weight excluding hydrogens is 1030 g/mol. The molecule has 2 aromatic carbocycles. The Hall–Kier alpha value is -3.34. The van der Waals surface area contributed by atoms with Crippen molar-refractivity contribution in [3.05, 3.63) is 130 Å². The van der Waals surface area contributed by atoms with E-state index >= 15 is 0 Å². The third kappa shape index (κ3) is 17.3. The Morgan fingerprint density at radius 2 is 1.01 bits per heavy atom. The number of pyridine rings is 2. The Balaban J connectivity index is 0.000000468. The largest absolute Gasteiger partial charge is 2.00 e.